The largest absolute Gasteiger partial charge is 0.411 e. The minimum absolute atomic E-state index is 0.0920. The van der Waals surface area contributed by atoms with E-state index in [1.807, 2.05) is 24.3 Å². The Morgan fingerprint density at radius 2 is 1.90 bits per heavy atom. The summed E-state index contributed by atoms with van der Waals surface area (Å²) in [5.41, 5.74) is 1.90. The van der Waals surface area contributed by atoms with Crippen molar-refractivity contribution in [3.8, 4) is 11.5 Å². The Balaban J connectivity index is 1.34. The van der Waals surface area contributed by atoms with Crippen molar-refractivity contribution in [1.29, 1.82) is 0 Å². The molecule has 0 aliphatic carbocycles. The minimum atomic E-state index is -3.34. The van der Waals surface area contributed by atoms with Gasteiger partial charge in [-0.15, -0.1) is 10.2 Å². The summed E-state index contributed by atoms with van der Waals surface area (Å²) in [7, 11) is -3.34. The molecule has 2 N–H and O–H groups in total. The lowest BCUT2D eigenvalue weighted by Gasteiger charge is -2.03. The van der Waals surface area contributed by atoms with Gasteiger partial charge in [0.15, 0.2) is 5.13 Å². The molecular formula is C18H15N5O4S3. The van der Waals surface area contributed by atoms with Gasteiger partial charge in [0.25, 0.3) is 5.22 Å². The number of benzene rings is 2. The number of aromatic nitrogens is 3. The van der Waals surface area contributed by atoms with Crippen molar-refractivity contribution >= 4 is 60.1 Å². The summed E-state index contributed by atoms with van der Waals surface area (Å²) in [4.78, 5) is 16.5. The van der Waals surface area contributed by atoms with Crippen molar-refractivity contribution < 1.29 is 17.6 Å². The molecule has 0 radical (unpaired) electrons. The van der Waals surface area contributed by atoms with Crippen LogP contribution in [0.3, 0.4) is 0 Å². The molecule has 30 heavy (non-hydrogen) atoms. The van der Waals surface area contributed by atoms with E-state index in [4.69, 9.17) is 4.42 Å². The van der Waals surface area contributed by atoms with Crippen molar-refractivity contribution in [1.82, 2.24) is 15.2 Å². The molecule has 0 spiro atoms. The number of nitrogens with one attached hydrogen (secondary N) is 2. The lowest BCUT2D eigenvalue weighted by Crippen LogP contribution is -2.13. The maximum atomic E-state index is 12.2. The molecule has 1 amide bonds. The molecular weight excluding hydrogens is 446 g/mol. The molecule has 2 aromatic carbocycles. The van der Waals surface area contributed by atoms with Crippen LogP contribution in [-0.4, -0.2) is 41.5 Å². The monoisotopic (exact) mass is 461 g/mol. The first kappa shape index (κ1) is 20.3. The summed E-state index contributed by atoms with van der Waals surface area (Å²) in [6.45, 7) is 0. The first-order valence-corrected chi connectivity index (χ1v) is 12.2. The van der Waals surface area contributed by atoms with E-state index in [1.165, 1.54) is 11.3 Å². The van der Waals surface area contributed by atoms with Crippen LogP contribution in [-0.2, 0) is 14.8 Å². The number of carbonyl (C=O) groups is 1. The molecule has 0 atom stereocenters. The highest BCUT2D eigenvalue weighted by Crippen LogP contribution is 2.27. The molecule has 9 nitrogen and oxygen atoms in total. The van der Waals surface area contributed by atoms with Gasteiger partial charge in [-0.05, 0) is 36.4 Å². The van der Waals surface area contributed by atoms with Gasteiger partial charge in [0.1, 0.15) is 0 Å². The predicted octanol–water partition coefficient (Wildman–Crippen LogP) is 3.45. The van der Waals surface area contributed by atoms with E-state index in [0.717, 1.165) is 28.2 Å². The highest BCUT2D eigenvalue weighted by atomic mass is 32.2. The number of fused-ring (bicyclic) bond motifs is 1. The van der Waals surface area contributed by atoms with E-state index in [9.17, 15) is 13.2 Å². The molecule has 0 aliphatic rings. The zero-order chi connectivity index (χ0) is 21.1. The number of nitrogens with zero attached hydrogens (tertiary/aromatic N) is 3. The van der Waals surface area contributed by atoms with Gasteiger partial charge in [0, 0.05) is 11.3 Å². The molecule has 12 heteroatoms. The lowest BCUT2D eigenvalue weighted by atomic mass is 10.2. The summed E-state index contributed by atoms with van der Waals surface area (Å²) in [6, 6.07) is 14.2. The maximum Gasteiger partial charge on any atom is 0.277 e. The number of hydrogen-bond donors (Lipinski definition) is 2. The van der Waals surface area contributed by atoms with Crippen molar-refractivity contribution in [2.75, 3.05) is 22.0 Å². The van der Waals surface area contributed by atoms with E-state index >= 15 is 0 Å². The number of thiazole rings is 1. The van der Waals surface area contributed by atoms with Gasteiger partial charge in [0.05, 0.1) is 22.2 Å². The van der Waals surface area contributed by atoms with Crippen LogP contribution in [0, 0.1) is 0 Å². The Kier molecular flexibility index (Phi) is 5.70. The van der Waals surface area contributed by atoms with E-state index < -0.39 is 10.0 Å². The Morgan fingerprint density at radius 3 is 2.63 bits per heavy atom. The highest BCUT2D eigenvalue weighted by molar-refractivity contribution is 7.99. The van der Waals surface area contributed by atoms with Crippen molar-refractivity contribution in [2.24, 2.45) is 0 Å². The Bertz CT molecular complexity index is 1270. The number of sulfonamides is 1. The zero-order valence-corrected chi connectivity index (χ0v) is 18.0. The van der Waals surface area contributed by atoms with Gasteiger partial charge in [-0.3, -0.25) is 9.52 Å². The number of para-hydroxylation sites is 1. The zero-order valence-electron chi connectivity index (χ0n) is 15.5. The average molecular weight is 462 g/mol. The van der Waals surface area contributed by atoms with Gasteiger partial charge in [-0.1, -0.05) is 35.2 Å². The van der Waals surface area contributed by atoms with Crippen LogP contribution in [0.2, 0.25) is 0 Å². The van der Waals surface area contributed by atoms with E-state index in [2.05, 4.69) is 25.2 Å². The van der Waals surface area contributed by atoms with Crippen LogP contribution in [0.25, 0.3) is 21.7 Å². The Morgan fingerprint density at radius 1 is 1.13 bits per heavy atom. The molecule has 0 bridgehead atoms. The van der Waals surface area contributed by atoms with Crippen LogP contribution in [0.4, 0.5) is 10.8 Å². The SMILES string of the molecule is CS(=O)(=O)Nc1ccc(-c2nnc(SCC(=O)Nc3nc4ccccc4s3)o2)cc1. The molecule has 2 heterocycles. The fraction of sp³-hybridized carbons (Fsp3) is 0.111. The third-order valence-corrected chi connectivity index (χ3v) is 6.09. The first-order chi connectivity index (χ1) is 14.4. The number of hydrogen-bond acceptors (Lipinski definition) is 9. The summed E-state index contributed by atoms with van der Waals surface area (Å²) in [5.74, 6) is 0.138. The molecule has 0 saturated heterocycles. The molecule has 2 aromatic heterocycles. The maximum absolute atomic E-state index is 12.2. The second-order valence-corrected chi connectivity index (χ2v) is 9.85. The normalized spacial score (nSPS) is 11.5. The fourth-order valence-corrected chi connectivity index (χ4v) is 4.50. The quantitative estimate of drug-likeness (QED) is 0.401. The number of thioether (sulfide) groups is 1. The molecule has 4 aromatic rings. The Labute approximate surface area is 180 Å². The molecule has 0 saturated carbocycles. The summed E-state index contributed by atoms with van der Waals surface area (Å²) >= 11 is 2.52. The van der Waals surface area contributed by atoms with Gasteiger partial charge in [0.2, 0.25) is 21.8 Å². The second kappa shape index (κ2) is 8.42. The summed E-state index contributed by atoms with van der Waals surface area (Å²) in [6.07, 6.45) is 1.08. The first-order valence-electron chi connectivity index (χ1n) is 8.56. The van der Waals surface area contributed by atoms with Gasteiger partial charge in [-0.2, -0.15) is 0 Å². The molecule has 154 valence electrons. The van der Waals surface area contributed by atoms with Crippen LogP contribution in [0.15, 0.2) is 58.2 Å². The van der Waals surface area contributed by atoms with E-state index in [0.29, 0.717) is 16.4 Å². The third kappa shape index (κ3) is 5.14. The predicted molar refractivity (Wildman–Crippen MR) is 117 cm³/mol. The summed E-state index contributed by atoms with van der Waals surface area (Å²) in [5, 5.41) is 11.5. The second-order valence-electron chi connectivity index (χ2n) is 6.15. The standard InChI is InChI=1S/C18H15N5O4S3/c1-30(25,26)23-12-8-6-11(7-9-12)16-21-22-18(27-16)28-10-15(24)20-17-19-13-4-2-3-5-14(13)29-17/h2-9,23H,10H2,1H3,(H,19,20,24). The van der Waals surface area contributed by atoms with Crippen LogP contribution in [0.5, 0.6) is 0 Å². The topological polar surface area (TPSA) is 127 Å². The number of anilines is 2. The molecule has 4 rings (SSSR count). The van der Waals surface area contributed by atoms with Crippen molar-refractivity contribution in [2.45, 2.75) is 5.22 Å². The van der Waals surface area contributed by atoms with Crippen LogP contribution >= 0.6 is 23.1 Å². The van der Waals surface area contributed by atoms with Crippen molar-refractivity contribution in [3.63, 3.8) is 0 Å². The smallest absolute Gasteiger partial charge is 0.277 e. The van der Waals surface area contributed by atoms with Crippen LogP contribution < -0.4 is 10.0 Å². The lowest BCUT2D eigenvalue weighted by molar-refractivity contribution is -0.113. The van der Waals surface area contributed by atoms with Gasteiger partial charge in [-0.25, -0.2) is 13.4 Å². The minimum Gasteiger partial charge on any atom is -0.411 e. The third-order valence-electron chi connectivity index (χ3n) is 3.71. The number of amides is 1. The van der Waals surface area contributed by atoms with E-state index in [-0.39, 0.29) is 22.8 Å². The summed E-state index contributed by atoms with van der Waals surface area (Å²) < 4.78 is 31.5. The van der Waals surface area contributed by atoms with Gasteiger partial charge < -0.3 is 9.73 Å². The Hall–Kier alpha value is -2.96. The fourth-order valence-electron chi connectivity index (χ4n) is 2.49. The molecule has 0 aliphatic heterocycles. The highest BCUT2D eigenvalue weighted by Gasteiger charge is 2.13. The van der Waals surface area contributed by atoms with E-state index in [1.54, 1.807) is 24.3 Å². The van der Waals surface area contributed by atoms with Crippen LogP contribution in [0.1, 0.15) is 0 Å². The molecule has 0 fully saturated rings. The van der Waals surface area contributed by atoms with Crippen molar-refractivity contribution in [3.05, 3.63) is 48.5 Å². The average Bonchev–Trinajstić information content (AvgIpc) is 3.32. The van der Waals surface area contributed by atoms with Gasteiger partial charge >= 0.3 is 0 Å². The number of rotatable bonds is 7. The molecule has 0 unspecified atom stereocenters. The number of carbonyl (C=O) groups excluding carboxylic acids is 1.